The first-order valence-corrected chi connectivity index (χ1v) is 7.41. The second kappa shape index (κ2) is 7.47. The molecule has 6 heteroatoms. The normalized spacial score (nSPS) is 17.0. The molecule has 1 fully saturated rings. The lowest BCUT2D eigenvalue weighted by Gasteiger charge is -2.20. The number of hydrogen-bond donors (Lipinski definition) is 1. The Morgan fingerprint density at radius 1 is 1.38 bits per heavy atom. The molecule has 21 heavy (non-hydrogen) atoms. The maximum absolute atomic E-state index is 13.3. The minimum absolute atomic E-state index is 0.197. The summed E-state index contributed by atoms with van der Waals surface area (Å²) in [5, 5.41) is 13.9. The van der Waals surface area contributed by atoms with Gasteiger partial charge in [-0.25, -0.2) is 4.39 Å². The van der Waals surface area contributed by atoms with Crippen molar-refractivity contribution in [1.29, 1.82) is 0 Å². The highest BCUT2D eigenvalue weighted by Gasteiger charge is 2.14. The van der Waals surface area contributed by atoms with E-state index >= 15 is 0 Å². The number of rotatable bonds is 7. The van der Waals surface area contributed by atoms with Crippen LogP contribution in [0.3, 0.4) is 0 Å². The lowest BCUT2D eigenvalue weighted by molar-refractivity contribution is -0.385. The van der Waals surface area contributed by atoms with Crippen LogP contribution in [0.2, 0.25) is 0 Å². The Balaban J connectivity index is 1.78. The summed E-state index contributed by atoms with van der Waals surface area (Å²) in [6, 6.07) is 3.70. The van der Waals surface area contributed by atoms with Crippen LogP contribution in [0.1, 0.15) is 25.3 Å². The van der Waals surface area contributed by atoms with Crippen molar-refractivity contribution in [3.8, 4) is 0 Å². The summed E-state index contributed by atoms with van der Waals surface area (Å²) in [4.78, 5) is 12.6. The van der Waals surface area contributed by atoms with E-state index in [2.05, 4.69) is 17.1 Å². The highest BCUT2D eigenvalue weighted by atomic mass is 19.1. The molecule has 1 unspecified atom stereocenters. The van der Waals surface area contributed by atoms with Crippen molar-refractivity contribution in [2.45, 2.75) is 26.3 Å². The maximum atomic E-state index is 13.3. The van der Waals surface area contributed by atoms with Gasteiger partial charge in [0, 0.05) is 19.2 Å². The van der Waals surface area contributed by atoms with E-state index in [0.29, 0.717) is 18.0 Å². The Kier molecular flexibility index (Phi) is 5.64. The standard InChI is InChI=1S/C15H22FN3O2/c1-12(11-18-4-2-3-5-18)9-17-10-13-6-14(16)8-15(7-13)19(20)21/h6-8,12,17H,2-5,9-11H2,1H3. The van der Waals surface area contributed by atoms with E-state index in [-0.39, 0.29) is 5.69 Å². The summed E-state index contributed by atoms with van der Waals surface area (Å²) in [6.45, 7) is 6.88. The lowest BCUT2D eigenvalue weighted by atomic mass is 10.1. The molecule has 1 N–H and O–H groups in total. The van der Waals surface area contributed by atoms with Crippen molar-refractivity contribution in [3.05, 3.63) is 39.7 Å². The topological polar surface area (TPSA) is 58.4 Å². The molecular weight excluding hydrogens is 273 g/mol. The Labute approximate surface area is 124 Å². The van der Waals surface area contributed by atoms with Crippen molar-refractivity contribution in [2.75, 3.05) is 26.2 Å². The number of nitrogens with zero attached hydrogens (tertiary/aromatic N) is 2. The highest BCUT2D eigenvalue weighted by Crippen LogP contribution is 2.16. The second-order valence-electron chi connectivity index (χ2n) is 5.82. The van der Waals surface area contributed by atoms with Crippen LogP contribution >= 0.6 is 0 Å². The predicted octanol–water partition coefficient (Wildman–Crippen LogP) is 2.56. The first-order chi connectivity index (χ1) is 10.0. The zero-order valence-corrected chi connectivity index (χ0v) is 12.3. The van der Waals surface area contributed by atoms with E-state index in [4.69, 9.17) is 0 Å². The molecule has 1 saturated heterocycles. The van der Waals surface area contributed by atoms with Crippen LogP contribution in [0, 0.1) is 21.8 Å². The number of nitro groups is 1. The van der Waals surface area contributed by atoms with Crippen LogP contribution in [0.4, 0.5) is 10.1 Å². The molecule has 1 heterocycles. The van der Waals surface area contributed by atoms with Crippen LogP contribution in [-0.2, 0) is 6.54 Å². The number of hydrogen-bond acceptors (Lipinski definition) is 4. The van der Waals surface area contributed by atoms with Gasteiger partial charge in [0.05, 0.1) is 11.0 Å². The van der Waals surface area contributed by atoms with E-state index < -0.39 is 10.7 Å². The summed E-state index contributed by atoms with van der Waals surface area (Å²) in [5.74, 6) is -0.0576. The van der Waals surface area contributed by atoms with Gasteiger partial charge in [0.2, 0.25) is 0 Å². The van der Waals surface area contributed by atoms with Crippen LogP contribution in [-0.4, -0.2) is 36.0 Å². The molecule has 2 rings (SSSR count). The largest absolute Gasteiger partial charge is 0.312 e. The minimum atomic E-state index is -0.567. The molecule has 0 aliphatic carbocycles. The zero-order valence-electron chi connectivity index (χ0n) is 12.3. The van der Waals surface area contributed by atoms with Gasteiger partial charge < -0.3 is 10.2 Å². The van der Waals surface area contributed by atoms with Gasteiger partial charge in [0.25, 0.3) is 5.69 Å². The molecule has 5 nitrogen and oxygen atoms in total. The molecule has 0 saturated carbocycles. The van der Waals surface area contributed by atoms with Crippen molar-refractivity contribution in [2.24, 2.45) is 5.92 Å². The molecule has 1 aromatic rings. The lowest BCUT2D eigenvalue weighted by Crippen LogP contribution is -2.31. The van der Waals surface area contributed by atoms with Gasteiger partial charge in [-0.2, -0.15) is 0 Å². The molecule has 1 aromatic carbocycles. The van der Waals surface area contributed by atoms with Gasteiger partial charge in [-0.05, 0) is 50.0 Å². The Bertz CT molecular complexity index is 490. The third-order valence-electron chi connectivity index (χ3n) is 3.74. The molecule has 1 atom stereocenters. The quantitative estimate of drug-likeness (QED) is 0.620. The van der Waals surface area contributed by atoms with E-state index in [1.165, 1.54) is 38.1 Å². The summed E-state index contributed by atoms with van der Waals surface area (Å²) in [6.07, 6.45) is 2.57. The van der Waals surface area contributed by atoms with Gasteiger partial charge >= 0.3 is 0 Å². The van der Waals surface area contributed by atoms with Crippen LogP contribution in [0.25, 0.3) is 0 Å². The minimum Gasteiger partial charge on any atom is -0.312 e. The van der Waals surface area contributed by atoms with Gasteiger partial charge in [-0.3, -0.25) is 10.1 Å². The fraction of sp³-hybridized carbons (Fsp3) is 0.600. The van der Waals surface area contributed by atoms with Gasteiger partial charge in [0.15, 0.2) is 0 Å². The van der Waals surface area contributed by atoms with Crippen LogP contribution in [0.15, 0.2) is 18.2 Å². The smallest absolute Gasteiger partial charge is 0.272 e. The third-order valence-corrected chi connectivity index (χ3v) is 3.74. The fourth-order valence-electron chi connectivity index (χ4n) is 2.77. The predicted molar refractivity (Wildman–Crippen MR) is 79.6 cm³/mol. The van der Waals surface area contributed by atoms with Crippen molar-refractivity contribution >= 4 is 5.69 Å². The van der Waals surface area contributed by atoms with Crippen molar-refractivity contribution in [3.63, 3.8) is 0 Å². The Hall–Kier alpha value is -1.53. The van der Waals surface area contributed by atoms with Gasteiger partial charge in [-0.1, -0.05) is 6.92 Å². The molecule has 1 aliphatic rings. The van der Waals surface area contributed by atoms with Gasteiger partial charge in [0.1, 0.15) is 5.82 Å². The summed E-state index contributed by atoms with van der Waals surface area (Å²) in [5.41, 5.74) is 0.409. The highest BCUT2D eigenvalue weighted by molar-refractivity contribution is 5.35. The van der Waals surface area contributed by atoms with Crippen LogP contribution < -0.4 is 5.32 Å². The first-order valence-electron chi connectivity index (χ1n) is 7.41. The van der Waals surface area contributed by atoms with E-state index in [1.54, 1.807) is 0 Å². The number of non-ortho nitro benzene ring substituents is 1. The summed E-state index contributed by atoms with van der Waals surface area (Å²) < 4.78 is 13.3. The Morgan fingerprint density at radius 3 is 2.76 bits per heavy atom. The van der Waals surface area contributed by atoms with E-state index in [9.17, 15) is 14.5 Å². The monoisotopic (exact) mass is 295 g/mol. The van der Waals surface area contributed by atoms with Crippen LogP contribution in [0.5, 0.6) is 0 Å². The van der Waals surface area contributed by atoms with Crippen molar-refractivity contribution in [1.82, 2.24) is 10.2 Å². The number of likely N-dealkylation sites (tertiary alicyclic amines) is 1. The Morgan fingerprint density at radius 2 is 2.10 bits per heavy atom. The molecule has 1 aliphatic heterocycles. The molecule has 0 amide bonds. The molecule has 0 radical (unpaired) electrons. The average molecular weight is 295 g/mol. The maximum Gasteiger partial charge on any atom is 0.272 e. The summed E-state index contributed by atoms with van der Waals surface area (Å²) in [7, 11) is 0. The fourth-order valence-corrected chi connectivity index (χ4v) is 2.77. The number of nitrogens with one attached hydrogen (secondary N) is 1. The summed E-state index contributed by atoms with van der Waals surface area (Å²) >= 11 is 0. The van der Waals surface area contributed by atoms with Gasteiger partial charge in [-0.15, -0.1) is 0 Å². The number of halogens is 1. The molecular formula is C15H22FN3O2. The molecule has 0 aromatic heterocycles. The third kappa shape index (κ3) is 5.06. The van der Waals surface area contributed by atoms with Crippen molar-refractivity contribution < 1.29 is 9.31 Å². The first kappa shape index (κ1) is 15.9. The number of benzene rings is 1. The number of nitro benzene ring substituents is 1. The SMILES string of the molecule is CC(CNCc1cc(F)cc([N+](=O)[O-])c1)CN1CCCC1. The molecule has 0 bridgehead atoms. The van der Waals surface area contributed by atoms with E-state index in [0.717, 1.165) is 19.2 Å². The molecule has 116 valence electrons. The van der Waals surface area contributed by atoms with E-state index in [1.807, 2.05) is 0 Å². The zero-order chi connectivity index (χ0) is 15.2. The average Bonchev–Trinajstić information content (AvgIpc) is 2.90. The second-order valence-corrected chi connectivity index (χ2v) is 5.82. The molecule has 0 spiro atoms.